The number of para-hydroxylation sites is 2. The van der Waals surface area contributed by atoms with Crippen molar-refractivity contribution >= 4 is 23.4 Å². The number of ether oxygens (including phenoxy) is 1. The number of benzene rings is 2. The molecule has 0 spiro atoms. The predicted octanol–water partition coefficient (Wildman–Crippen LogP) is 9.31. The number of fused-ring (bicyclic) bond motifs is 2. The van der Waals surface area contributed by atoms with Gasteiger partial charge in [0.25, 0.3) is 0 Å². The molecule has 0 saturated heterocycles. The Bertz CT molecular complexity index is 990. The number of carbonyl (C=O) groups is 2. The second kappa shape index (κ2) is 16.9. The van der Waals surface area contributed by atoms with E-state index in [0.29, 0.717) is 18.5 Å². The summed E-state index contributed by atoms with van der Waals surface area (Å²) in [5.74, 6) is -0.176. The number of esters is 1. The molecule has 2 aromatic rings. The van der Waals surface area contributed by atoms with E-state index in [9.17, 15) is 9.59 Å². The lowest BCUT2D eigenvalue weighted by atomic mass is 10.0. The second-order valence-electron chi connectivity index (χ2n) is 10.7. The van der Waals surface area contributed by atoms with E-state index in [-0.39, 0.29) is 5.97 Å². The van der Waals surface area contributed by atoms with E-state index >= 15 is 0 Å². The van der Waals surface area contributed by atoms with Crippen molar-refractivity contribution in [2.45, 2.75) is 122 Å². The number of primary amides is 1. The van der Waals surface area contributed by atoms with Crippen LogP contribution in [0.25, 0.3) is 0 Å². The molecule has 1 aliphatic rings. The summed E-state index contributed by atoms with van der Waals surface area (Å²) in [5.41, 5.74) is 8.93. The van der Waals surface area contributed by atoms with Gasteiger partial charge in [-0.05, 0) is 24.1 Å². The summed E-state index contributed by atoms with van der Waals surface area (Å²) in [6, 6.07) is 14.7. The Morgan fingerprint density at radius 1 is 0.737 bits per heavy atom. The van der Waals surface area contributed by atoms with Crippen molar-refractivity contribution in [1.82, 2.24) is 0 Å². The van der Waals surface area contributed by atoms with Crippen LogP contribution < -0.4 is 10.6 Å². The highest BCUT2D eigenvalue weighted by atomic mass is 16.5. The van der Waals surface area contributed by atoms with Crippen LogP contribution in [0.2, 0.25) is 0 Å². The molecule has 1 atom stereocenters. The van der Waals surface area contributed by atoms with Crippen LogP contribution in [0.3, 0.4) is 0 Å². The van der Waals surface area contributed by atoms with Crippen molar-refractivity contribution in [2.24, 2.45) is 5.73 Å². The number of hydrogen-bond acceptors (Lipinski definition) is 3. The highest BCUT2D eigenvalue weighted by molar-refractivity contribution is 6.00. The van der Waals surface area contributed by atoms with Crippen LogP contribution in [0.4, 0.5) is 16.2 Å². The van der Waals surface area contributed by atoms with E-state index in [0.717, 1.165) is 29.7 Å². The number of nitrogens with zero attached hydrogens (tertiary/aromatic N) is 1. The molecular weight excluding hydrogens is 472 g/mol. The first-order chi connectivity index (χ1) is 18.6. The number of rotatable bonds is 17. The quantitative estimate of drug-likeness (QED) is 0.167. The number of nitrogens with two attached hydrogens (primary N) is 1. The molecule has 38 heavy (non-hydrogen) atoms. The van der Waals surface area contributed by atoms with Gasteiger partial charge < -0.3 is 10.5 Å². The molecule has 2 amide bonds. The maximum Gasteiger partial charge on any atom is 0.323 e. The van der Waals surface area contributed by atoms with Crippen LogP contribution in [0.5, 0.6) is 0 Å². The van der Waals surface area contributed by atoms with Gasteiger partial charge in [-0.1, -0.05) is 133 Å². The van der Waals surface area contributed by atoms with Gasteiger partial charge in [0.15, 0.2) is 0 Å². The topological polar surface area (TPSA) is 72.6 Å². The molecule has 1 aliphatic heterocycles. The number of amides is 2. The lowest BCUT2D eigenvalue weighted by Crippen LogP contribution is -2.32. The van der Waals surface area contributed by atoms with Gasteiger partial charge >= 0.3 is 12.0 Å². The first kappa shape index (κ1) is 29.7. The zero-order chi connectivity index (χ0) is 27.0. The molecule has 208 valence electrons. The Balaban J connectivity index is 1.34. The minimum absolute atomic E-state index is 0.176. The van der Waals surface area contributed by atoms with E-state index in [2.05, 4.69) is 6.92 Å². The molecule has 1 heterocycles. The van der Waals surface area contributed by atoms with Crippen molar-refractivity contribution < 1.29 is 14.3 Å². The fourth-order valence-electron chi connectivity index (χ4n) is 5.51. The molecule has 0 radical (unpaired) electrons. The van der Waals surface area contributed by atoms with E-state index in [1.165, 1.54) is 88.4 Å². The van der Waals surface area contributed by atoms with E-state index < -0.39 is 12.1 Å². The van der Waals surface area contributed by atoms with Gasteiger partial charge in [-0.2, -0.15) is 0 Å². The molecule has 3 rings (SSSR count). The smallest absolute Gasteiger partial charge is 0.323 e. The third-order valence-corrected chi connectivity index (χ3v) is 7.64. The van der Waals surface area contributed by atoms with E-state index in [1.54, 1.807) is 0 Å². The molecule has 0 unspecified atom stereocenters. The Hall–Kier alpha value is -2.82. The van der Waals surface area contributed by atoms with Crippen LogP contribution in [-0.2, 0) is 16.0 Å². The molecule has 0 aliphatic carbocycles. The monoisotopic (exact) mass is 520 g/mol. The van der Waals surface area contributed by atoms with Crippen LogP contribution in [0.1, 0.15) is 127 Å². The standard InChI is InChI=1S/C33H48N2O3/c1-2-3-4-5-6-7-8-9-10-11-12-13-14-15-16-25-32(36)38-31-26-27-21-17-19-23-29(27)35(33(34)37)30-24-20-18-22-28(30)31/h17-24,31H,2-16,25-26H2,1H3,(H2,34,37)/t31-/m0/s1. The van der Waals surface area contributed by atoms with Crippen molar-refractivity contribution in [3.63, 3.8) is 0 Å². The fourth-order valence-corrected chi connectivity index (χ4v) is 5.51. The SMILES string of the molecule is CCCCCCCCCCCCCCCCCC(=O)O[C@H]1Cc2ccccc2N(C(N)=O)c2ccccc21. The average Bonchev–Trinajstić information content (AvgIpc) is 3.05. The first-order valence-corrected chi connectivity index (χ1v) is 15.1. The number of anilines is 2. The minimum atomic E-state index is -0.547. The number of unbranched alkanes of at least 4 members (excludes halogenated alkanes) is 14. The zero-order valence-corrected chi connectivity index (χ0v) is 23.5. The van der Waals surface area contributed by atoms with Gasteiger partial charge in [-0.25, -0.2) is 4.79 Å². The summed E-state index contributed by atoms with van der Waals surface area (Å²) in [6.45, 7) is 2.27. The molecular formula is C33H48N2O3. The lowest BCUT2D eigenvalue weighted by molar-refractivity contribution is -0.149. The summed E-state index contributed by atoms with van der Waals surface area (Å²) in [7, 11) is 0. The molecule has 5 heteroatoms. The van der Waals surface area contributed by atoms with Gasteiger partial charge in [0, 0.05) is 18.4 Å². The fraction of sp³-hybridized carbons (Fsp3) is 0.576. The van der Waals surface area contributed by atoms with Crippen molar-refractivity contribution in [3.05, 3.63) is 59.7 Å². The van der Waals surface area contributed by atoms with Gasteiger partial charge in [-0.15, -0.1) is 0 Å². The molecule has 0 fully saturated rings. The van der Waals surface area contributed by atoms with Gasteiger partial charge in [-0.3, -0.25) is 9.69 Å². The minimum Gasteiger partial charge on any atom is -0.457 e. The average molecular weight is 521 g/mol. The van der Waals surface area contributed by atoms with Crippen molar-refractivity contribution in [2.75, 3.05) is 4.90 Å². The zero-order valence-electron chi connectivity index (χ0n) is 23.5. The highest BCUT2D eigenvalue weighted by Gasteiger charge is 2.31. The second-order valence-corrected chi connectivity index (χ2v) is 10.7. The molecule has 0 bridgehead atoms. The summed E-state index contributed by atoms with van der Waals surface area (Å²) in [5, 5.41) is 0. The predicted molar refractivity (Wildman–Crippen MR) is 157 cm³/mol. The normalized spacial score (nSPS) is 14.4. The third-order valence-electron chi connectivity index (χ3n) is 7.64. The summed E-state index contributed by atoms with van der Waals surface area (Å²) < 4.78 is 5.98. The molecule has 0 saturated carbocycles. The Labute approximate surface area is 230 Å². The van der Waals surface area contributed by atoms with Crippen molar-refractivity contribution in [3.8, 4) is 0 Å². The Morgan fingerprint density at radius 2 is 1.24 bits per heavy atom. The largest absolute Gasteiger partial charge is 0.457 e. The lowest BCUT2D eigenvalue weighted by Gasteiger charge is -2.23. The number of urea groups is 1. The maximum atomic E-state index is 12.8. The van der Waals surface area contributed by atoms with Gasteiger partial charge in [0.2, 0.25) is 0 Å². The van der Waals surface area contributed by atoms with Crippen molar-refractivity contribution in [1.29, 1.82) is 0 Å². The summed E-state index contributed by atoms with van der Waals surface area (Å²) in [6.07, 6.45) is 20.0. The van der Waals surface area contributed by atoms with Crippen LogP contribution in [-0.4, -0.2) is 12.0 Å². The van der Waals surface area contributed by atoms with Gasteiger partial charge in [0.05, 0.1) is 11.4 Å². The Kier molecular flexibility index (Phi) is 13.2. The molecule has 2 N–H and O–H groups in total. The molecule has 0 aromatic heterocycles. The van der Waals surface area contributed by atoms with E-state index in [1.807, 2.05) is 48.5 Å². The third kappa shape index (κ3) is 9.49. The van der Waals surface area contributed by atoms with Crippen LogP contribution >= 0.6 is 0 Å². The van der Waals surface area contributed by atoms with Gasteiger partial charge in [0.1, 0.15) is 6.10 Å². The summed E-state index contributed by atoms with van der Waals surface area (Å²) in [4.78, 5) is 26.7. The Morgan fingerprint density at radius 3 is 1.82 bits per heavy atom. The number of carbonyl (C=O) groups excluding carboxylic acids is 2. The summed E-state index contributed by atoms with van der Waals surface area (Å²) >= 11 is 0. The maximum absolute atomic E-state index is 12.8. The van der Waals surface area contributed by atoms with E-state index in [4.69, 9.17) is 10.5 Å². The highest BCUT2D eigenvalue weighted by Crippen LogP contribution is 2.41. The number of hydrogen-bond donors (Lipinski definition) is 1. The molecule has 2 aromatic carbocycles. The molecule has 5 nitrogen and oxygen atoms in total. The van der Waals surface area contributed by atoms with Crippen LogP contribution in [0.15, 0.2) is 48.5 Å². The first-order valence-electron chi connectivity index (χ1n) is 15.1. The van der Waals surface area contributed by atoms with Crippen LogP contribution in [0, 0.1) is 0 Å².